The second-order valence-corrected chi connectivity index (χ2v) is 8.57. The molecule has 11 heteroatoms. The van der Waals surface area contributed by atoms with Crippen molar-refractivity contribution in [1.29, 1.82) is 0 Å². The molecule has 34 heavy (non-hydrogen) atoms. The van der Waals surface area contributed by atoms with Gasteiger partial charge in [-0.15, -0.1) is 10.2 Å². The third-order valence-corrected chi connectivity index (χ3v) is 6.12. The number of hydrogen-bond donors (Lipinski definition) is 2. The van der Waals surface area contributed by atoms with Gasteiger partial charge in [0.1, 0.15) is 11.5 Å². The van der Waals surface area contributed by atoms with E-state index in [1.807, 2.05) is 18.4 Å². The molecule has 3 aromatic rings. The quantitative estimate of drug-likeness (QED) is 0.399. The minimum atomic E-state index is -0.388. The monoisotopic (exact) mass is 503 g/mol. The summed E-state index contributed by atoms with van der Waals surface area (Å²) in [4.78, 5) is 25.1. The molecule has 2 aromatic carbocycles. The molecular weight excluding hydrogens is 478 g/mol. The number of halogens is 1. The molecule has 0 fully saturated rings. The van der Waals surface area contributed by atoms with Crippen LogP contribution in [0.4, 0.5) is 5.69 Å². The lowest BCUT2D eigenvalue weighted by atomic mass is 10.2. The summed E-state index contributed by atoms with van der Waals surface area (Å²) >= 11 is 7.27. The highest BCUT2D eigenvalue weighted by atomic mass is 35.5. The van der Waals surface area contributed by atoms with Crippen LogP contribution in [0.5, 0.6) is 11.5 Å². The molecule has 0 aliphatic rings. The number of thioether (sulfide) groups is 1. The van der Waals surface area contributed by atoms with Crippen molar-refractivity contribution < 1.29 is 19.1 Å². The summed E-state index contributed by atoms with van der Waals surface area (Å²) in [6.45, 7) is 4.37. The van der Waals surface area contributed by atoms with Crippen LogP contribution in [0, 0.1) is 0 Å². The fourth-order valence-corrected chi connectivity index (χ4v) is 4.19. The molecule has 0 aliphatic carbocycles. The molecule has 2 N–H and O–H groups in total. The second-order valence-electron chi connectivity index (χ2n) is 7.19. The third-order valence-electron chi connectivity index (χ3n) is 4.92. The zero-order valence-corrected chi connectivity index (χ0v) is 20.9. The van der Waals surface area contributed by atoms with Gasteiger partial charge in [0.25, 0.3) is 5.91 Å². The Morgan fingerprint density at radius 1 is 1.12 bits per heavy atom. The average molecular weight is 504 g/mol. The van der Waals surface area contributed by atoms with Gasteiger partial charge in [-0.1, -0.05) is 23.4 Å². The number of rotatable bonds is 10. The number of aromatic nitrogens is 3. The van der Waals surface area contributed by atoms with Gasteiger partial charge >= 0.3 is 0 Å². The van der Waals surface area contributed by atoms with E-state index < -0.39 is 0 Å². The van der Waals surface area contributed by atoms with Crippen LogP contribution in [0.2, 0.25) is 5.02 Å². The zero-order chi connectivity index (χ0) is 24.7. The predicted molar refractivity (Wildman–Crippen MR) is 132 cm³/mol. The van der Waals surface area contributed by atoms with E-state index in [2.05, 4.69) is 20.8 Å². The van der Waals surface area contributed by atoms with Gasteiger partial charge in [0.15, 0.2) is 11.0 Å². The van der Waals surface area contributed by atoms with Crippen LogP contribution in [0.15, 0.2) is 47.6 Å². The molecule has 0 bridgehead atoms. The van der Waals surface area contributed by atoms with E-state index >= 15 is 0 Å². The van der Waals surface area contributed by atoms with Crippen molar-refractivity contribution in [2.75, 3.05) is 25.3 Å². The van der Waals surface area contributed by atoms with Gasteiger partial charge in [0.2, 0.25) is 5.91 Å². The molecule has 0 unspecified atom stereocenters. The highest BCUT2D eigenvalue weighted by molar-refractivity contribution is 7.99. The van der Waals surface area contributed by atoms with Crippen molar-refractivity contribution in [3.63, 3.8) is 0 Å². The van der Waals surface area contributed by atoms with E-state index in [4.69, 9.17) is 21.1 Å². The first-order chi connectivity index (χ1) is 16.4. The first-order valence-corrected chi connectivity index (χ1v) is 11.9. The molecule has 180 valence electrons. The van der Waals surface area contributed by atoms with Gasteiger partial charge in [-0.25, -0.2) is 0 Å². The molecule has 1 heterocycles. The van der Waals surface area contributed by atoms with Crippen LogP contribution in [0.1, 0.15) is 36.1 Å². The maximum absolute atomic E-state index is 12.6. The Bertz CT molecular complexity index is 1150. The Balaban J connectivity index is 1.63. The Morgan fingerprint density at radius 2 is 1.85 bits per heavy atom. The summed E-state index contributed by atoms with van der Waals surface area (Å²) in [5.74, 6) is 1.44. The lowest BCUT2D eigenvalue weighted by molar-refractivity contribution is -0.113. The minimum Gasteiger partial charge on any atom is -0.497 e. The lowest BCUT2D eigenvalue weighted by Gasteiger charge is -2.15. The van der Waals surface area contributed by atoms with E-state index in [0.717, 1.165) is 0 Å². The number of benzene rings is 2. The van der Waals surface area contributed by atoms with Crippen LogP contribution in [-0.2, 0) is 11.3 Å². The SMILES string of the molecule is CCn1c(SCC(=O)Nc2cc(Cl)ccc2OC)nnc1[C@@H](C)NC(=O)c1ccc(OC)cc1. The third kappa shape index (κ3) is 6.21. The van der Waals surface area contributed by atoms with E-state index in [9.17, 15) is 9.59 Å². The Morgan fingerprint density at radius 3 is 2.50 bits per heavy atom. The number of methoxy groups -OCH3 is 2. The van der Waals surface area contributed by atoms with Gasteiger partial charge in [-0.05, 0) is 56.3 Å². The lowest BCUT2D eigenvalue weighted by Crippen LogP contribution is -2.28. The molecule has 1 atom stereocenters. The van der Waals surface area contributed by atoms with E-state index in [1.165, 1.54) is 18.9 Å². The van der Waals surface area contributed by atoms with E-state index in [0.29, 0.717) is 45.3 Å². The first-order valence-electron chi connectivity index (χ1n) is 10.5. The Labute approximate surface area is 207 Å². The standard InChI is InChI=1S/C23H26ClN5O4S/c1-5-29-21(14(2)25-22(31)15-6-9-17(32-3)10-7-15)27-28-23(29)34-13-20(30)26-18-12-16(24)8-11-19(18)33-4/h6-12,14H,5,13H2,1-4H3,(H,25,31)(H,26,30)/t14-/m1/s1. The van der Waals surface area contributed by atoms with E-state index in [1.54, 1.807) is 49.6 Å². The van der Waals surface area contributed by atoms with Gasteiger partial charge in [-0.2, -0.15) is 0 Å². The maximum Gasteiger partial charge on any atom is 0.251 e. The Hall–Kier alpha value is -3.24. The number of nitrogens with one attached hydrogen (secondary N) is 2. The highest BCUT2D eigenvalue weighted by Crippen LogP contribution is 2.28. The number of carbonyl (C=O) groups is 2. The largest absolute Gasteiger partial charge is 0.497 e. The van der Waals surface area contributed by atoms with Crippen molar-refractivity contribution in [3.05, 3.63) is 58.9 Å². The van der Waals surface area contributed by atoms with E-state index in [-0.39, 0.29) is 23.6 Å². The van der Waals surface area contributed by atoms with Crippen LogP contribution in [0.25, 0.3) is 0 Å². The summed E-state index contributed by atoms with van der Waals surface area (Å²) in [6, 6.07) is 11.5. The number of ether oxygens (including phenoxy) is 2. The summed E-state index contributed by atoms with van der Waals surface area (Å²) < 4.78 is 12.3. The normalized spacial score (nSPS) is 11.6. The van der Waals surface area contributed by atoms with Gasteiger partial charge in [0, 0.05) is 17.1 Å². The fourth-order valence-electron chi connectivity index (χ4n) is 3.21. The summed E-state index contributed by atoms with van der Waals surface area (Å²) in [6.07, 6.45) is 0. The number of amides is 2. The van der Waals surface area contributed by atoms with Crippen molar-refractivity contribution in [2.45, 2.75) is 31.6 Å². The van der Waals surface area contributed by atoms with Crippen molar-refractivity contribution in [1.82, 2.24) is 20.1 Å². The average Bonchev–Trinajstić information content (AvgIpc) is 3.26. The van der Waals surface area contributed by atoms with Gasteiger partial charge in [0.05, 0.1) is 31.7 Å². The van der Waals surface area contributed by atoms with Crippen molar-refractivity contribution in [3.8, 4) is 11.5 Å². The van der Waals surface area contributed by atoms with Crippen LogP contribution in [-0.4, -0.2) is 46.6 Å². The molecule has 3 rings (SSSR count). The molecule has 0 radical (unpaired) electrons. The maximum atomic E-state index is 12.6. The summed E-state index contributed by atoms with van der Waals surface area (Å²) in [5.41, 5.74) is 1.01. The highest BCUT2D eigenvalue weighted by Gasteiger charge is 2.20. The summed E-state index contributed by atoms with van der Waals surface area (Å²) in [7, 11) is 3.09. The molecule has 1 aromatic heterocycles. The number of carbonyl (C=O) groups excluding carboxylic acids is 2. The second kappa shape index (κ2) is 11.8. The molecule has 0 aliphatic heterocycles. The number of hydrogen-bond acceptors (Lipinski definition) is 7. The van der Waals surface area contributed by atoms with Gasteiger partial charge in [-0.3, -0.25) is 9.59 Å². The van der Waals surface area contributed by atoms with Crippen LogP contribution < -0.4 is 20.1 Å². The molecule has 9 nitrogen and oxygen atoms in total. The topological polar surface area (TPSA) is 107 Å². The summed E-state index contributed by atoms with van der Waals surface area (Å²) in [5, 5.41) is 15.3. The molecule has 0 spiro atoms. The van der Waals surface area contributed by atoms with Gasteiger partial charge < -0.3 is 24.7 Å². The van der Waals surface area contributed by atoms with Crippen LogP contribution in [0.3, 0.4) is 0 Å². The zero-order valence-electron chi connectivity index (χ0n) is 19.3. The number of nitrogens with zero attached hydrogens (tertiary/aromatic N) is 3. The molecule has 0 saturated heterocycles. The fraction of sp³-hybridized carbons (Fsp3) is 0.304. The predicted octanol–water partition coefficient (Wildman–Crippen LogP) is 4.19. The minimum absolute atomic E-state index is 0.111. The Kier molecular flexibility index (Phi) is 8.78. The first kappa shape index (κ1) is 25.4. The van der Waals surface area contributed by atoms with Crippen LogP contribution >= 0.6 is 23.4 Å². The smallest absolute Gasteiger partial charge is 0.251 e. The molecule has 0 saturated carbocycles. The number of anilines is 1. The van der Waals surface area contributed by atoms with Crippen molar-refractivity contribution in [2.24, 2.45) is 0 Å². The van der Waals surface area contributed by atoms with Crippen molar-refractivity contribution >= 4 is 40.9 Å². The molecular formula is C23H26ClN5O4S. The molecule has 2 amide bonds.